The number of hydrogen-bond acceptors (Lipinski definition) is 4. The summed E-state index contributed by atoms with van der Waals surface area (Å²) in [7, 11) is 0. The summed E-state index contributed by atoms with van der Waals surface area (Å²) >= 11 is 6.14. The van der Waals surface area contributed by atoms with Crippen LogP contribution in [0.4, 0.5) is 0 Å². The Hall–Kier alpha value is -1.95. The molecule has 0 fully saturated rings. The minimum Gasteiger partial charge on any atom is -0.486 e. The molecule has 1 heterocycles. The Morgan fingerprint density at radius 2 is 2.00 bits per heavy atom. The van der Waals surface area contributed by atoms with Gasteiger partial charge in [0.1, 0.15) is 13.2 Å². The Labute approximate surface area is 146 Å². The Morgan fingerprint density at radius 1 is 1.29 bits per heavy atom. The number of amides is 1. The van der Waals surface area contributed by atoms with Crippen LogP contribution < -0.4 is 14.8 Å². The first kappa shape index (κ1) is 18.4. The molecule has 0 radical (unpaired) electrons. The Balaban J connectivity index is 1.94. The number of carboxylic acid groups (broad SMARTS) is 1. The van der Waals surface area contributed by atoms with Gasteiger partial charge in [-0.1, -0.05) is 25.4 Å². The predicted octanol–water partition coefficient (Wildman–Crippen LogP) is 2.52. The maximum atomic E-state index is 12.1. The Kier molecular flexibility index (Phi) is 6.31. The summed E-state index contributed by atoms with van der Waals surface area (Å²) in [6, 6.07) is 3.39. The number of hydrogen-bond donors (Lipinski definition) is 2. The van der Waals surface area contributed by atoms with Gasteiger partial charge in [-0.05, 0) is 30.0 Å². The number of carboxylic acids is 1. The van der Waals surface area contributed by atoms with E-state index in [-0.39, 0.29) is 24.8 Å². The van der Waals surface area contributed by atoms with Gasteiger partial charge in [-0.15, -0.1) is 0 Å². The molecule has 24 heavy (non-hydrogen) atoms. The summed E-state index contributed by atoms with van der Waals surface area (Å²) in [5.74, 6) is -0.462. The lowest BCUT2D eigenvalue weighted by atomic mass is 9.97. The summed E-state index contributed by atoms with van der Waals surface area (Å²) in [5, 5.41) is 12.3. The number of rotatable bonds is 7. The number of ether oxygens (including phenoxy) is 2. The highest BCUT2D eigenvalue weighted by atomic mass is 35.5. The topological polar surface area (TPSA) is 84.9 Å². The third kappa shape index (κ3) is 5.03. The first-order valence-corrected chi connectivity index (χ1v) is 8.32. The highest BCUT2D eigenvalue weighted by Crippen LogP contribution is 2.38. The lowest BCUT2D eigenvalue weighted by molar-refractivity contribution is -0.142. The molecule has 2 N–H and O–H groups in total. The molecule has 0 aromatic heterocycles. The molecule has 132 valence electrons. The number of fused-ring (bicyclic) bond motifs is 1. The lowest BCUT2D eigenvalue weighted by Gasteiger charge is -2.20. The van der Waals surface area contributed by atoms with E-state index in [1.165, 1.54) is 0 Å². The van der Waals surface area contributed by atoms with E-state index >= 15 is 0 Å². The van der Waals surface area contributed by atoms with Crippen LogP contribution >= 0.6 is 11.6 Å². The molecule has 6 nitrogen and oxygen atoms in total. The van der Waals surface area contributed by atoms with Crippen molar-refractivity contribution in [3.05, 3.63) is 22.7 Å². The van der Waals surface area contributed by atoms with E-state index in [2.05, 4.69) is 5.32 Å². The number of carbonyl (C=O) groups excluding carboxylic acids is 1. The number of benzene rings is 1. The van der Waals surface area contributed by atoms with Crippen LogP contribution in [0.5, 0.6) is 11.5 Å². The van der Waals surface area contributed by atoms with Gasteiger partial charge in [0.15, 0.2) is 11.5 Å². The summed E-state index contributed by atoms with van der Waals surface area (Å²) in [6.07, 6.45) is 0.621. The first-order valence-electron chi connectivity index (χ1n) is 7.94. The fraction of sp³-hybridized carbons (Fsp3) is 0.529. The highest BCUT2D eigenvalue weighted by Gasteiger charge is 2.21. The summed E-state index contributed by atoms with van der Waals surface area (Å²) < 4.78 is 10.9. The van der Waals surface area contributed by atoms with Gasteiger partial charge in [-0.25, -0.2) is 0 Å². The van der Waals surface area contributed by atoms with Crippen LogP contribution in [0.3, 0.4) is 0 Å². The molecule has 0 saturated carbocycles. The zero-order chi connectivity index (χ0) is 17.7. The van der Waals surface area contributed by atoms with E-state index in [4.69, 9.17) is 21.1 Å². The van der Waals surface area contributed by atoms with Gasteiger partial charge in [-0.3, -0.25) is 9.59 Å². The Morgan fingerprint density at radius 3 is 2.67 bits per heavy atom. The third-order valence-electron chi connectivity index (χ3n) is 3.67. The summed E-state index contributed by atoms with van der Waals surface area (Å²) in [4.78, 5) is 23.3. The van der Waals surface area contributed by atoms with E-state index in [9.17, 15) is 14.7 Å². The number of halogens is 1. The van der Waals surface area contributed by atoms with Crippen LogP contribution in [-0.4, -0.2) is 36.7 Å². The molecule has 2 rings (SSSR count). The quantitative estimate of drug-likeness (QED) is 0.785. The highest BCUT2D eigenvalue weighted by molar-refractivity contribution is 6.32. The predicted molar refractivity (Wildman–Crippen MR) is 89.7 cm³/mol. The van der Waals surface area contributed by atoms with E-state index in [0.29, 0.717) is 41.7 Å². The number of nitrogens with one attached hydrogen (secondary N) is 1. The minimum atomic E-state index is -0.897. The van der Waals surface area contributed by atoms with Crippen LogP contribution in [0, 0.1) is 11.8 Å². The molecule has 1 aliphatic heterocycles. The van der Waals surface area contributed by atoms with Crippen LogP contribution in [0.25, 0.3) is 0 Å². The maximum Gasteiger partial charge on any atom is 0.308 e. The van der Waals surface area contributed by atoms with Crippen molar-refractivity contribution in [1.29, 1.82) is 0 Å². The second-order valence-corrected chi connectivity index (χ2v) is 6.65. The zero-order valence-electron chi connectivity index (χ0n) is 13.8. The van der Waals surface area contributed by atoms with Gasteiger partial charge in [0.25, 0.3) is 0 Å². The van der Waals surface area contributed by atoms with Gasteiger partial charge < -0.3 is 19.9 Å². The molecule has 0 saturated heterocycles. The van der Waals surface area contributed by atoms with Gasteiger partial charge in [0.2, 0.25) is 5.91 Å². The van der Waals surface area contributed by atoms with Crippen molar-refractivity contribution in [1.82, 2.24) is 5.32 Å². The van der Waals surface area contributed by atoms with Crippen LogP contribution in [0.2, 0.25) is 5.02 Å². The van der Waals surface area contributed by atoms with Crippen molar-refractivity contribution in [3.8, 4) is 11.5 Å². The second-order valence-electron chi connectivity index (χ2n) is 6.25. The largest absolute Gasteiger partial charge is 0.486 e. The van der Waals surface area contributed by atoms with E-state index < -0.39 is 11.9 Å². The molecule has 1 aromatic carbocycles. The molecule has 1 amide bonds. The zero-order valence-corrected chi connectivity index (χ0v) is 14.6. The lowest BCUT2D eigenvalue weighted by Crippen LogP contribution is -2.34. The van der Waals surface area contributed by atoms with Crippen molar-refractivity contribution in [3.63, 3.8) is 0 Å². The van der Waals surface area contributed by atoms with Crippen LogP contribution in [0.1, 0.15) is 25.8 Å². The fourth-order valence-electron chi connectivity index (χ4n) is 2.59. The smallest absolute Gasteiger partial charge is 0.308 e. The van der Waals surface area contributed by atoms with Crippen molar-refractivity contribution < 1.29 is 24.2 Å². The van der Waals surface area contributed by atoms with E-state index in [0.717, 1.165) is 0 Å². The normalized spacial score (nSPS) is 14.3. The molecule has 1 aliphatic rings. The molecule has 1 aromatic rings. The SMILES string of the molecule is CC(C)CC(CNC(=O)Cc1cc(Cl)c2c(c1)OCCO2)C(=O)O. The summed E-state index contributed by atoms with van der Waals surface area (Å²) in [6.45, 7) is 4.90. The van der Waals surface area contributed by atoms with Crippen molar-refractivity contribution in [2.75, 3.05) is 19.8 Å². The molecule has 7 heteroatoms. The van der Waals surface area contributed by atoms with Crippen LogP contribution in [0.15, 0.2) is 12.1 Å². The number of carbonyl (C=O) groups is 2. The first-order chi connectivity index (χ1) is 11.4. The van der Waals surface area contributed by atoms with E-state index in [1.807, 2.05) is 13.8 Å². The number of aliphatic carboxylic acids is 1. The van der Waals surface area contributed by atoms with Crippen LogP contribution in [-0.2, 0) is 16.0 Å². The molecule has 0 spiro atoms. The van der Waals surface area contributed by atoms with Gasteiger partial charge in [0.05, 0.1) is 17.4 Å². The summed E-state index contributed by atoms with van der Waals surface area (Å²) in [5.41, 5.74) is 0.692. The van der Waals surface area contributed by atoms with Crippen molar-refractivity contribution in [2.24, 2.45) is 11.8 Å². The minimum absolute atomic E-state index is 0.102. The average molecular weight is 356 g/mol. The molecule has 0 bridgehead atoms. The fourth-order valence-corrected chi connectivity index (χ4v) is 2.88. The monoisotopic (exact) mass is 355 g/mol. The molecule has 0 aliphatic carbocycles. The third-order valence-corrected chi connectivity index (χ3v) is 3.95. The van der Waals surface area contributed by atoms with Crippen molar-refractivity contribution in [2.45, 2.75) is 26.7 Å². The van der Waals surface area contributed by atoms with E-state index in [1.54, 1.807) is 12.1 Å². The molecular formula is C17H22ClNO5. The van der Waals surface area contributed by atoms with Gasteiger partial charge in [0, 0.05) is 6.54 Å². The van der Waals surface area contributed by atoms with Gasteiger partial charge in [-0.2, -0.15) is 0 Å². The standard InChI is InChI=1S/C17H22ClNO5/c1-10(2)5-12(17(21)22)9-19-15(20)8-11-6-13(18)16-14(7-11)23-3-4-24-16/h6-7,10,12H,3-5,8-9H2,1-2H3,(H,19,20)(H,21,22). The van der Waals surface area contributed by atoms with Crippen molar-refractivity contribution >= 4 is 23.5 Å². The maximum absolute atomic E-state index is 12.1. The molecule has 1 unspecified atom stereocenters. The Bertz CT molecular complexity index is 617. The second kappa shape index (κ2) is 8.24. The molecule has 1 atom stereocenters. The van der Waals surface area contributed by atoms with Gasteiger partial charge >= 0.3 is 5.97 Å². The average Bonchev–Trinajstić information content (AvgIpc) is 2.51. The molecular weight excluding hydrogens is 334 g/mol.